The van der Waals surface area contributed by atoms with Gasteiger partial charge < -0.3 is 24.9 Å². The van der Waals surface area contributed by atoms with Gasteiger partial charge >= 0.3 is 11.7 Å². The maximum Gasteiger partial charge on any atom is 0.328 e. The number of benzene rings is 1. The smallest absolute Gasteiger partial charge is 0.328 e. The van der Waals surface area contributed by atoms with Gasteiger partial charge in [0.25, 0.3) is 0 Å². The highest BCUT2D eigenvalue weighted by Crippen LogP contribution is 2.26. The van der Waals surface area contributed by atoms with Gasteiger partial charge in [-0.05, 0) is 30.4 Å². The van der Waals surface area contributed by atoms with E-state index in [9.17, 15) is 4.79 Å². The maximum absolute atomic E-state index is 12.4. The van der Waals surface area contributed by atoms with E-state index in [-0.39, 0.29) is 30.7 Å². The SMILES string of the molecule is COc1ccc2cc1Cn1c(=O)[nH]c3c(N)nc(nc31)OC/C=C/CO2. The van der Waals surface area contributed by atoms with Crippen molar-refractivity contribution in [1.29, 1.82) is 0 Å². The van der Waals surface area contributed by atoms with Crippen LogP contribution in [-0.4, -0.2) is 39.8 Å². The van der Waals surface area contributed by atoms with Crippen LogP contribution in [0.25, 0.3) is 11.2 Å². The summed E-state index contributed by atoms with van der Waals surface area (Å²) < 4.78 is 18.1. The molecule has 1 aliphatic rings. The molecule has 0 saturated heterocycles. The van der Waals surface area contributed by atoms with Crippen LogP contribution in [-0.2, 0) is 6.54 Å². The van der Waals surface area contributed by atoms with E-state index in [1.165, 1.54) is 4.57 Å². The van der Waals surface area contributed by atoms with Crippen LogP contribution in [0.1, 0.15) is 5.56 Å². The zero-order valence-corrected chi connectivity index (χ0v) is 14.1. The van der Waals surface area contributed by atoms with Gasteiger partial charge in [-0.2, -0.15) is 9.97 Å². The van der Waals surface area contributed by atoms with Gasteiger partial charge in [-0.25, -0.2) is 4.79 Å². The van der Waals surface area contributed by atoms with Crippen LogP contribution < -0.4 is 25.6 Å². The first kappa shape index (κ1) is 16.0. The monoisotopic (exact) mass is 355 g/mol. The topological polar surface area (TPSA) is 117 Å². The van der Waals surface area contributed by atoms with Crippen molar-refractivity contribution in [2.45, 2.75) is 6.54 Å². The second-order valence-corrected chi connectivity index (χ2v) is 5.67. The molecule has 26 heavy (non-hydrogen) atoms. The zero-order chi connectivity index (χ0) is 18.1. The van der Waals surface area contributed by atoms with Gasteiger partial charge in [0.1, 0.15) is 30.2 Å². The fourth-order valence-electron chi connectivity index (χ4n) is 2.78. The average molecular weight is 355 g/mol. The van der Waals surface area contributed by atoms with Gasteiger partial charge in [-0.15, -0.1) is 0 Å². The third-order valence-corrected chi connectivity index (χ3v) is 4.03. The summed E-state index contributed by atoms with van der Waals surface area (Å²) in [6, 6.07) is 5.56. The standard InChI is InChI=1S/C17H17N5O4/c1-24-12-5-4-11-8-10(12)9-22-15-13(19-17(22)23)14(18)20-16(21-15)26-7-3-2-6-25-11/h2-5,8H,6-7,9H2,1H3,(H,19,23)(H2,18,20,21)/b3-2+. The van der Waals surface area contributed by atoms with Crippen LogP contribution in [0.4, 0.5) is 5.82 Å². The Bertz CT molecular complexity index is 1050. The van der Waals surface area contributed by atoms with Crippen LogP contribution in [0.15, 0.2) is 35.1 Å². The Labute approximate surface area is 148 Å². The summed E-state index contributed by atoms with van der Waals surface area (Å²) in [6.45, 7) is 0.869. The van der Waals surface area contributed by atoms with Crippen molar-refractivity contribution in [2.24, 2.45) is 0 Å². The summed E-state index contributed by atoms with van der Waals surface area (Å²) >= 11 is 0. The third kappa shape index (κ3) is 2.83. The minimum absolute atomic E-state index is 0.103. The third-order valence-electron chi connectivity index (χ3n) is 4.03. The summed E-state index contributed by atoms with van der Waals surface area (Å²) in [6.07, 6.45) is 3.63. The highest BCUT2D eigenvalue weighted by molar-refractivity contribution is 5.82. The minimum Gasteiger partial charge on any atom is -0.496 e. The molecule has 2 aromatic heterocycles. The van der Waals surface area contributed by atoms with E-state index >= 15 is 0 Å². The van der Waals surface area contributed by atoms with Gasteiger partial charge in [0, 0.05) is 5.56 Å². The minimum atomic E-state index is -0.349. The van der Waals surface area contributed by atoms with E-state index < -0.39 is 0 Å². The number of imidazole rings is 1. The van der Waals surface area contributed by atoms with Crippen LogP contribution >= 0.6 is 0 Å². The lowest BCUT2D eigenvalue weighted by molar-refractivity contribution is 0.329. The van der Waals surface area contributed by atoms with Gasteiger partial charge in [0.2, 0.25) is 0 Å². The first-order chi connectivity index (χ1) is 12.7. The van der Waals surface area contributed by atoms with Crippen LogP contribution in [0.5, 0.6) is 17.5 Å². The second-order valence-electron chi connectivity index (χ2n) is 5.67. The number of nitrogen functional groups attached to an aromatic ring is 1. The molecule has 3 aromatic rings. The number of ether oxygens (including phenoxy) is 3. The zero-order valence-electron chi connectivity index (χ0n) is 14.1. The summed E-state index contributed by atoms with van der Waals surface area (Å²) in [7, 11) is 1.57. The second kappa shape index (κ2) is 6.43. The lowest BCUT2D eigenvalue weighted by Crippen LogP contribution is -2.18. The molecule has 0 spiro atoms. The molecule has 1 aliphatic heterocycles. The molecule has 0 unspecified atom stereocenters. The van der Waals surface area contributed by atoms with Gasteiger partial charge in [0.15, 0.2) is 11.5 Å². The molecule has 3 heterocycles. The van der Waals surface area contributed by atoms with E-state index in [1.807, 2.05) is 18.2 Å². The van der Waals surface area contributed by atoms with Crippen LogP contribution in [0.2, 0.25) is 0 Å². The van der Waals surface area contributed by atoms with Crippen molar-refractivity contribution < 1.29 is 14.2 Å². The van der Waals surface area contributed by atoms with Crippen molar-refractivity contribution >= 4 is 17.0 Å². The lowest BCUT2D eigenvalue weighted by Gasteiger charge is -2.12. The summed E-state index contributed by atoms with van der Waals surface area (Å²) in [5.74, 6) is 1.46. The predicted molar refractivity (Wildman–Crippen MR) is 94.8 cm³/mol. The van der Waals surface area contributed by atoms with E-state index in [0.717, 1.165) is 5.56 Å². The number of methoxy groups -OCH3 is 1. The molecule has 0 aliphatic carbocycles. The number of rotatable bonds is 1. The maximum atomic E-state index is 12.4. The van der Waals surface area contributed by atoms with Crippen LogP contribution in [0, 0.1) is 0 Å². The molecule has 3 N–H and O–H groups in total. The first-order valence-electron chi connectivity index (χ1n) is 7.99. The molecule has 4 rings (SSSR count). The molecule has 0 fully saturated rings. The molecule has 0 radical (unpaired) electrons. The summed E-state index contributed by atoms with van der Waals surface area (Å²) in [4.78, 5) is 23.5. The largest absolute Gasteiger partial charge is 0.496 e. The van der Waals surface area contributed by atoms with E-state index in [2.05, 4.69) is 15.0 Å². The Morgan fingerprint density at radius 3 is 2.85 bits per heavy atom. The van der Waals surface area contributed by atoms with Crippen molar-refractivity contribution in [3.63, 3.8) is 0 Å². The summed E-state index contributed by atoms with van der Waals surface area (Å²) in [5.41, 5.74) is 7.11. The normalized spacial score (nSPS) is 15.1. The van der Waals surface area contributed by atoms with Crippen molar-refractivity contribution in [1.82, 2.24) is 19.5 Å². The molecule has 0 saturated carbocycles. The fraction of sp³-hybridized carbons (Fsp3) is 0.235. The predicted octanol–water partition coefficient (Wildman–Crippen LogP) is 1.09. The van der Waals surface area contributed by atoms with Crippen molar-refractivity contribution in [3.05, 3.63) is 46.4 Å². The Morgan fingerprint density at radius 2 is 2.04 bits per heavy atom. The number of nitrogens with zero attached hydrogens (tertiary/aromatic N) is 3. The lowest BCUT2D eigenvalue weighted by atomic mass is 10.2. The molecule has 0 atom stereocenters. The molecule has 9 heteroatoms. The average Bonchev–Trinajstić information content (AvgIpc) is 2.94. The van der Waals surface area contributed by atoms with Crippen LogP contribution in [0.3, 0.4) is 0 Å². The number of H-pyrrole nitrogens is 1. The highest BCUT2D eigenvalue weighted by atomic mass is 16.5. The molecule has 134 valence electrons. The Balaban J connectivity index is 1.92. The number of nitrogens with two attached hydrogens (primary N) is 1. The number of nitrogens with one attached hydrogen (secondary N) is 1. The van der Waals surface area contributed by atoms with Crippen molar-refractivity contribution in [2.75, 3.05) is 26.1 Å². The molecular weight excluding hydrogens is 338 g/mol. The van der Waals surface area contributed by atoms with E-state index in [4.69, 9.17) is 19.9 Å². The van der Waals surface area contributed by atoms with Gasteiger partial charge in [-0.1, -0.05) is 0 Å². The highest BCUT2D eigenvalue weighted by Gasteiger charge is 2.17. The Hall–Kier alpha value is -3.49. The first-order valence-corrected chi connectivity index (χ1v) is 7.99. The van der Waals surface area contributed by atoms with Crippen molar-refractivity contribution in [3.8, 4) is 17.5 Å². The fourth-order valence-corrected chi connectivity index (χ4v) is 2.78. The number of anilines is 1. The molecule has 1 aromatic carbocycles. The number of hydrogen-bond acceptors (Lipinski definition) is 7. The van der Waals surface area contributed by atoms with Gasteiger partial charge in [0.05, 0.1) is 13.7 Å². The summed E-state index contributed by atoms with van der Waals surface area (Å²) in [5, 5.41) is 0. The quantitative estimate of drug-likeness (QED) is 0.627. The Morgan fingerprint density at radius 1 is 1.23 bits per heavy atom. The number of fused-ring (bicyclic) bond motifs is 3. The number of aromatic amines is 1. The van der Waals surface area contributed by atoms with Gasteiger partial charge in [-0.3, -0.25) is 4.57 Å². The number of aromatic nitrogens is 4. The number of hydrogen-bond donors (Lipinski definition) is 2. The molecule has 0 amide bonds. The van der Waals surface area contributed by atoms with E-state index in [0.29, 0.717) is 29.3 Å². The molecule has 4 bridgehead atoms. The Kier molecular flexibility index (Phi) is 3.96. The van der Waals surface area contributed by atoms with E-state index in [1.54, 1.807) is 19.3 Å². The molecular formula is C17H17N5O4. The molecule has 9 nitrogen and oxygen atoms in total.